The summed E-state index contributed by atoms with van der Waals surface area (Å²) in [4.78, 5) is 0. The molecule has 0 heterocycles. The average molecular weight is 262 g/mol. The van der Waals surface area contributed by atoms with E-state index < -0.39 is 5.60 Å². The van der Waals surface area contributed by atoms with Crippen LogP contribution in [0.15, 0.2) is 18.2 Å². The third kappa shape index (κ3) is 2.35. The summed E-state index contributed by atoms with van der Waals surface area (Å²) in [5, 5.41) is 11.5. The van der Waals surface area contributed by atoms with Crippen LogP contribution in [-0.4, -0.2) is 11.7 Å². The molecular formula is C12H17Cl2NO. The van der Waals surface area contributed by atoms with Crippen LogP contribution in [0.2, 0.25) is 10.0 Å². The Morgan fingerprint density at radius 1 is 1.19 bits per heavy atom. The van der Waals surface area contributed by atoms with Crippen LogP contribution in [0.1, 0.15) is 26.3 Å². The van der Waals surface area contributed by atoms with Crippen LogP contribution in [0.4, 0.5) is 0 Å². The lowest BCUT2D eigenvalue weighted by Crippen LogP contribution is -2.46. The van der Waals surface area contributed by atoms with Gasteiger partial charge in [0.15, 0.2) is 0 Å². The Labute approximate surface area is 106 Å². The van der Waals surface area contributed by atoms with Crippen LogP contribution in [0.5, 0.6) is 0 Å². The summed E-state index contributed by atoms with van der Waals surface area (Å²) in [5.41, 5.74) is 4.89. The van der Waals surface area contributed by atoms with Gasteiger partial charge in [0.05, 0.1) is 10.0 Å². The number of nitrogens with two attached hydrogens (primary N) is 1. The first kappa shape index (κ1) is 13.8. The summed E-state index contributed by atoms with van der Waals surface area (Å²) in [6.07, 6.45) is 0. The van der Waals surface area contributed by atoms with E-state index >= 15 is 0 Å². The molecule has 2 nitrogen and oxygen atoms in total. The van der Waals surface area contributed by atoms with Gasteiger partial charge < -0.3 is 10.8 Å². The Kier molecular flexibility index (Phi) is 3.91. The smallest absolute Gasteiger partial charge is 0.107 e. The van der Waals surface area contributed by atoms with Gasteiger partial charge in [-0.25, -0.2) is 0 Å². The molecule has 0 aliphatic carbocycles. The molecular weight excluding hydrogens is 245 g/mol. The van der Waals surface area contributed by atoms with Crippen molar-refractivity contribution < 1.29 is 5.11 Å². The highest BCUT2D eigenvalue weighted by Gasteiger charge is 2.40. The molecule has 1 unspecified atom stereocenters. The SMILES string of the molecule is CC(C)(C)C(O)(CN)c1ccc(Cl)c(Cl)c1. The van der Waals surface area contributed by atoms with E-state index in [2.05, 4.69) is 0 Å². The predicted octanol–water partition coefficient (Wildman–Crippen LogP) is 3.19. The van der Waals surface area contributed by atoms with E-state index in [4.69, 9.17) is 28.9 Å². The van der Waals surface area contributed by atoms with Crippen molar-refractivity contribution in [1.82, 2.24) is 0 Å². The van der Waals surface area contributed by atoms with Gasteiger partial charge in [-0.05, 0) is 23.1 Å². The first-order valence-corrected chi connectivity index (χ1v) is 5.86. The van der Waals surface area contributed by atoms with E-state index in [1.807, 2.05) is 20.8 Å². The molecule has 0 aliphatic heterocycles. The predicted molar refractivity (Wildman–Crippen MR) is 68.9 cm³/mol. The number of hydrogen-bond acceptors (Lipinski definition) is 2. The monoisotopic (exact) mass is 261 g/mol. The van der Waals surface area contributed by atoms with Gasteiger partial charge in [0.2, 0.25) is 0 Å². The second-order valence-corrected chi connectivity index (χ2v) is 5.76. The third-order valence-corrected chi connectivity index (χ3v) is 3.67. The fourth-order valence-electron chi connectivity index (χ4n) is 1.61. The van der Waals surface area contributed by atoms with Gasteiger partial charge in [-0.15, -0.1) is 0 Å². The summed E-state index contributed by atoms with van der Waals surface area (Å²) in [6.45, 7) is 5.93. The molecule has 1 aromatic carbocycles. The Morgan fingerprint density at radius 2 is 1.75 bits per heavy atom. The molecule has 0 aliphatic rings. The van der Waals surface area contributed by atoms with Gasteiger partial charge in [-0.2, -0.15) is 0 Å². The average Bonchev–Trinajstić information content (AvgIpc) is 2.19. The maximum Gasteiger partial charge on any atom is 0.107 e. The van der Waals surface area contributed by atoms with Crippen LogP contribution in [0.25, 0.3) is 0 Å². The molecule has 0 saturated carbocycles. The summed E-state index contributed by atoms with van der Waals surface area (Å²) >= 11 is 11.8. The minimum absolute atomic E-state index is 0.133. The highest BCUT2D eigenvalue weighted by atomic mass is 35.5. The zero-order chi connectivity index (χ0) is 12.6. The first-order valence-electron chi connectivity index (χ1n) is 5.10. The first-order chi connectivity index (χ1) is 7.22. The third-order valence-electron chi connectivity index (χ3n) is 2.93. The summed E-state index contributed by atoms with van der Waals surface area (Å²) in [6, 6.07) is 5.10. The molecule has 16 heavy (non-hydrogen) atoms. The van der Waals surface area contributed by atoms with Crippen molar-refractivity contribution >= 4 is 23.2 Å². The molecule has 0 fully saturated rings. The zero-order valence-corrected chi connectivity index (χ0v) is 11.2. The van der Waals surface area contributed by atoms with Crippen molar-refractivity contribution in [2.45, 2.75) is 26.4 Å². The zero-order valence-electron chi connectivity index (χ0n) is 9.72. The Hall–Kier alpha value is -0.280. The van der Waals surface area contributed by atoms with Crippen LogP contribution >= 0.6 is 23.2 Å². The number of benzene rings is 1. The fourth-order valence-corrected chi connectivity index (χ4v) is 1.91. The van der Waals surface area contributed by atoms with E-state index in [9.17, 15) is 5.11 Å². The molecule has 0 spiro atoms. The van der Waals surface area contributed by atoms with E-state index in [-0.39, 0.29) is 12.0 Å². The van der Waals surface area contributed by atoms with Gasteiger partial charge >= 0.3 is 0 Å². The number of hydrogen-bond donors (Lipinski definition) is 2. The fraction of sp³-hybridized carbons (Fsp3) is 0.500. The molecule has 3 N–H and O–H groups in total. The lowest BCUT2D eigenvalue weighted by Gasteiger charge is -2.40. The van der Waals surface area contributed by atoms with Crippen LogP contribution in [0.3, 0.4) is 0 Å². The van der Waals surface area contributed by atoms with Crippen molar-refractivity contribution in [1.29, 1.82) is 0 Å². The lowest BCUT2D eigenvalue weighted by atomic mass is 9.72. The number of halogens is 2. The molecule has 1 aromatic rings. The van der Waals surface area contributed by atoms with E-state index in [0.29, 0.717) is 15.6 Å². The van der Waals surface area contributed by atoms with Gasteiger partial charge in [0, 0.05) is 6.54 Å². The van der Waals surface area contributed by atoms with Crippen molar-refractivity contribution in [2.75, 3.05) is 6.54 Å². The van der Waals surface area contributed by atoms with Gasteiger partial charge in [0.25, 0.3) is 0 Å². The summed E-state index contributed by atoms with van der Waals surface area (Å²) in [5.74, 6) is 0. The standard InChI is InChI=1S/C12H17Cl2NO/c1-11(2,3)12(16,7-15)8-4-5-9(13)10(14)6-8/h4-6,16H,7,15H2,1-3H3. The minimum atomic E-state index is -1.11. The Balaban J connectivity index is 3.29. The largest absolute Gasteiger partial charge is 0.383 e. The molecule has 0 saturated heterocycles. The van der Waals surface area contributed by atoms with Crippen LogP contribution < -0.4 is 5.73 Å². The maximum atomic E-state index is 10.6. The van der Waals surface area contributed by atoms with Crippen molar-refractivity contribution in [3.8, 4) is 0 Å². The molecule has 4 heteroatoms. The summed E-state index contributed by atoms with van der Waals surface area (Å²) in [7, 11) is 0. The van der Waals surface area contributed by atoms with Crippen molar-refractivity contribution in [3.63, 3.8) is 0 Å². The molecule has 0 amide bonds. The van der Waals surface area contributed by atoms with Gasteiger partial charge in [-0.3, -0.25) is 0 Å². The molecule has 1 rings (SSSR count). The Bertz CT molecular complexity index is 387. The van der Waals surface area contributed by atoms with Crippen molar-refractivity contribution in [2.24, 2.45) is 11.1 Å². The number of aliphatic hydroxyl groups is 1. The van der Waals surface area contributed by atoms with Crippen LogP contribution in [0, 0.1) is 5.41 Å². The van der Waals surface area contributed by atoms with Crippen molar-refractivity contribution in [3.05, 3.63) is 33.8 Å². The van der Waals surface area contributed by atoms with Gasteiger partial charge in [0.1, 0.15) is 5.60 Å². The second-order valence-electron chi connectivity index (χ2n) is 4.94. The molecule has 90 valence electrons. The molecule has 0 aromatic heterocycles. The van der Waals surface area contributed by atoms with Gasteiger partial charge in [-0.1, -0.05) is 50.0 Å². The highest BCUT2D eigenvalue weighted by Crippen LogP contribution is 2.40. The topological polar surface area (TPSA) is 46.2 Å². The normalized spacial score (nSPS) is 15.9. The number of rotatable bonds is 2. The highest BCUT2D eigenvalue weighted by molar-refractivity contribution is 6.42. The lowest BCUT2D eigenvalue weighted by molar-refractivity contribution is -0.0557. The minimum Gasteiger partial charge on any atom is -0.383 e. The summed E-state index contributed by atoms with van der Waals surface area (Å²) < 4.78 is 0. The quantitative estimate of drug-likeness (QED) is 0.859. The molecule has 0 radical (unpaired) electrons. The van der Waals surface area contributed by atoms with E-state index in [1.165, 1.54) is 0 Å². The Morgan fingerprint density at radius 3 is 2.12 bits per heavy atom. The molecule has 1 atom stereocenters. The maximum absolute atomic E-state index is 10.6. The van der Waals surface area contributed by atoms with E-state index in [0.717, 1.165) is 0 Å². The van der Waals surface area contributed by atoms with Crippen LogP contribution in [-0.2, 0) is 5.60 Å². The van der Waals surface area contributed by atoms with E-state index in [1.54, 1.807) is 18.2 Å². The molecule has 0 bridgehead atoms. The second kappa shape index (κ2) is 4.53.